The van der Waals surface area contributed by atoms with E-state index in [9.17, 15) is 19.2 Å². The van der Waals surface area contributed by atoms with E-state index in [1.165, 1.54) is 0 Å². The van der Waals surface area contributed by atoms with Gasteiger partial charge >= 0.3 is 23.9 Å². The standard InChI is InChI=1S/C20H30O4.C18H26O4/c1-13(2)15(5)11-23-19(21)17-9-7-8-10-18(17)20(22)24-12-16(6)14(3)4;1-13(2)9-11-21-17(19)15-7-5-6-8-16(15)18(20)22-12-10-14(3)4/h7-10,13-16H,11-12H2,1-6H3;5-8,13-14H,9-12H2,1-4H3. The van der Waals surface area contributed by atoms with Crippen molar-refractivity contribution in [2.75, 3.05) is 26.4 Å². The Morgan fingerprint density at radius 2 is 0.717 bits per heavy atom. The molecule has 46 heavy (non-hydrogen) atoms. The van der Waals surface area contributed by atoms with E-state index in [-0.39, 0.29) is 34.1 Å². The molecule has 2 unspecified atom stereocenters. The first-order valence-electron chi connectivity index (χ1n) is 16.5. The maximum absolute atomic E-state index is 12.3. The van der Waals surface area contributed by atoms with Crippen molar-refractivity contribution >= 4 is 23.9 Å². The van der Waals surface area contributed by atoms with Crippen LogP contribution in [0.15, 0.2) is 48.5 Å². The van der Waals surface area contributed by atoms with Crippen molar-refractivity contribution in [1.82, 2.24) is 0 Å². The average molecular weight is 641 g/mol. The summed E-state index contributed by atoms with van der Waals surface area (Å²) in [6.45, 7) is 22.0. The lowest BCUT2D eigenvalue weighted by Crippen LogP contribution is -2.20. The fourth-order valence-corrected chi connectivity index (χ4v) is 3.56. The summed E-state index contributed by atoms with van der Waals surface area (Å²) in [5.74, 6) is 0.395. The molecule has 0 bridgehead atoms. The summed E-state index contributed by atoms with van der Waals surface area (Å²) in [5.41, 5.74) is 1.05. The van der Waals surface area contributed by atoms with Crippen molar-refractivity contribution in [2.45, 2.75) is 82.1 Å². The minimum absolute atomic E-state index is 0.260. The van der Waals surface area contributed by atoms with Gasteiger partial charge in [0.1, 0.15) is 0 Å². The van der Waals surface area contributed by atoms with E-state index in [0.29, 0.717) is 50.1 Å². The van der Waals surface area contributed by atoms with Crippen molar-refractivity contribution in [1.29, 1.82) is 0 Å². The topological polar surface area (TPSA) is 105 Å². The molecule has 8 heteroatoms. The number of hydrogen-bond acceptors (Lipinski definition) is 8. The minimum atomic E-state index is -0.480. The summed E-state index contributed by atoms with van der Waals surface area (Å²) in [7, 11) is 0. The van der Waals surface area contributed by atoms with Crippen LogP contribution in [-0.2, 0) is 18.9 Å². The Morgan fingerprint density at radius 3 is 0.957 bits per heavy atom. The second kappa shape index (κ2) is 21.2. The molecule has 256 valence electrons. The Bertz CT molecular complexity index is 1140. The van der Waals surface area contributed by atoms with Crippen molar-refractivity contribution in [3.05, 3.63) is 70.8 Å². The first-order chi connectivity index (χ1) is 21.6. The number of carbonyl (C=O) groups is 4. The minimum Gasteiger partial charge on any atom is -0.462 e. The molecule has 2 atom stereocenters. The molecule has 0 saturated carbocycles. The van der Waals surface area contributed by atoms with Gasteiger partial charge in [-0.05, 0) is 72.6 Å². The summed E-state index contributed by atoms with van der Waals surface area (Å²) in [4.78, 5) is 48.8. The first kappa shape index (κ1) is 40.3. The summed E-state index contributed by atoms with van der Waals surface area (Å²) >= 11 is 0. The fraction of sp³-hybridized carbons (Fsp3) is 0.579. The monoisotopic (exact) mass is 640 g/mol. The van der Waals surface area contributed by atoms with Crippen LogP contribution in [0.3, 0.4) is 0 Å². The molecule has 0 aliphatic rings. The number of rotatable bonds is 16. The van der Waals surface area contributed by atoms with E-state index in [2.05, 4.69) is 55.4 Å². The largest absolute Gasteiger partial charge is 0.462 e. The van der Waals surface area contributed by atoms with Crippen LogP contribution in [-0.4, -0.2) is 50.3 Å². The highest BCUT2D eigenvalue weighted by Gasteiger charge is 2.22. The molecule has 0 amide bonds. The van der Waals surface area contributed by atoms with E-state index in [4.69, 9.17) is 18.9 Å². The Balaban J connectivity index is 0.000000462. The zero-order valence-electron chi connectivity index (χ0n) is 29.6. The molecule has 0 N–H and O–H groups in total. The van der Waals surface area contributed by atoms with Crippen LogP contribution in [0.2, 0.25) is 0 Å². The maximum atomic E-state index is 12.3. The van der Waals surface area contributed by atoms with E-state index in [1.807, 2.05) is 13.8 Å². The number of carbonyl (C=O) groups excluding carboxylic acids is 4. The SMILES string of the molecule is CC(C)C(C)COC(=O)c1ccccc1C(=O)OCC(C)C(C)C.CC(C)CCOC(=O)c1ccccc1C(=O)OCCC(C)C. The smallest absolute Gasteiger partial charge is 0.339 e. The third kappa shape index (κ3) is 15.1. The van der Waals surface area contributed by atoms with Crippen molar-refractivity contribution in [3.8, 4) is 0 Å². The third-order valence-corrected chi connectivity index (χ3v) is 7.82. The van der Waals surface area contributed by atoms with Crippen molar-refractivity contribution in [3.63, 3.8) is 0 Å². The molecule has 2 rings (SSSR count). The predicted molar refractivity (Wildman–Crippen MR) is 181 cm³/mol. The molecule has 0 aromatic heterocycles. The molecule has 8 nitrogen and oxygen atoms in total. The van der Waals surface area contributed by atoms with Gasteiger partial charge in [0, 0.05) is 0 Å². The first-order valence-corrected chi connectivity index (χ1v) is 16.5. The Labute approximate surface area is 276 Å². The molecule has 0 fully saturated rings. The van der Waals surface area contributed by atoms with Crippen LogP contribution in [0.25, 0.3) is 0 Å². The predicted octanol–water partition coefficient (Wildman–Crippen LogP) is 8.68. The zero-order chi connectivity index (χ0) is 34.8. The zero-order valence-corrected chi connectivity index (χ0v) is 29.6. The quantitative estimate of drug-likeness (QED) is 0.133. The van der Waals surface area contributed by atoms with Gasteiger partial charge in [-0.25, -0.2) is 19.2 Å². The molecule has 0 spiro atoms. The molecule has 0 aliphatic heterocycles. The van der Waals surface area contributed by atoms with E-state index in [1.54, 1.807) is 48.5 Å². The van der Waals surface area contributed by atoms with E-state index < -0.39 is 23.9 Å². The normalized spacial score (nSPS) is 12.3. The lowest BCUT2D eigenvalue weighted by atomic mass is 9.99. The molecule has 0 heterocycles. The second-order valence-corrected chi connectivity index (χ2v) is 13.4. The second-order valence-electron chi connectivity index (χ2n) is 13.4. The van der Waals surface area contributed by atoms with Crippen LogP contribution >= 0.6 is 0 Å². The molecular formula is C38H56O8. The fourth-order valence-electron chi connectivity index (χ4n) is 3.56. The van der Waals surface area contributed by atoms with Gasteiger partial charge in [-0.15, -0.1) is 0 Å². The van der Waals surface area contributed by atoms with Crippen LogP contribution in [0.4, 0.5) is 0 Å². The Kier molecular flexibility index (Phi) is 18.6. The number of esters is 4. The van der Waals surface area contributed by atoms with Gasteiger partial charge < -0.3 is 18.9 Å². The number of ether oxygens (including phenoxy) is 4. The van der Waals surface area contributed by atoms with Gasteiger partial charge in [-0.3, -0.25) is 0 Å². The maximum Gasteiger partial charge on any atom is 0.339 e. The third-order valence-electron chi connectivity index (χ3n) is 7.82. The molecule has 0 aliphatic carbocycles. The van der Waals surface area contributed by atoms with Gasteiger partial charge in [-0.1, -0.05) is 93.5 Å². The van der Waals surface area contributed by atoms with Crippen LogP contribution < -0.4 is 0 Å². The van der Waals surface area contributed by atoms with Gasteiger partial charge in [0.15, 0.2) is 0 Å². The van der Waals surface area contributed by atoms with Gasteiger partial charge in [0.2, 0.25) is 0 Å². The summed E-state index contributed by atoms with van der Waals surface area (Å²) in [5, 5.41) is 0. The van der Waals surface area contributed by atoms with Crippen LogP contribution in [0.1, 0.15) is 124 Å². The highest BCUT2D eigenvalue weighted by Crippen LogP contribution is 2.17. The highest BCUT2D eigenvalue weighted by molar-refractivity contribution is 6.03. The van der Waals surface area contributed by atoms with Crippen molar-refractivity contribution in [2.24, 2.45) is 35.5 Å². The van der Waals surface area contributed by atoms with E-state index >= 15 is 0 Å². The summed E-state index contributed by atoms with van der Waals surface area (Å²) < 4.78 is 21.2. The Hall–Kier alpha value is -3.68. The average Bonchev–Trinajstić information content (AvgIpc) is 3.01. The molecule has 0 radical (unpaired) electrons. The molecule has 2 aromatic carbocycles. The summed E-state index contributed by atoms with van der Waals surface area (Å²) in [6, 6.07) is 13.3. The van der Waals surface area contributed by atoms with Gasteiger partial charge in [0.05, 0.1) is 48.7 Å². The molecule has 2 aromatic rings. The molecular weight excluding hydrogens is 584 g/mol. The number of benzene rings is 2. The van der Waals surface area contributed by atoms with E-state index in [0.717, 1.165) is 12.8 Å². The lowest BCUT2D eigenvalue weighted by molar-refractivity contribution is 0.0373. The molecule has 0 saturated heterocycles. The summed E-state index contributed by atoms with van der Waals surface area (Å²) in [6.07, 6.45) is 1.60. The van der Waals surface area contributed by atoms with Crippen molar-refractivity contribution < 1.29 is 38.1 Å². The van der Waals surface area contributed by atoms with Crippen LogP contribution in [0.5, 0.6) is 0 Å². The van der Waals surface area contributed by atoms with Crippen LogP contribution in [0, 0.1) is 35.5 Å². The van der Waals surface area contributed by atoms with Gasteiger partial charge in [0.25, 0.3) is 0 Å². The lowest BCUT2D eigenvalue weighted by Gasteiger charge is -2.17. The van der Waals surface area contributed by atoms with Gasteiger partial charge in [-0.2, -0.15) is 0 Å². The Morgan fingerprint density at radius 1 is 0.457 bits per heavy atom. The number of hydrogen-bond donors (Lipinski definition) is 0. The highest BCUT2D eigenvalue weighted by atomic mass is 16.5.